The third-order valence-electron chi connectivity index (χ3n) is 3.16. The molecular formula is C14H19N3O2S. The van der Waals surface area contributed by atoms with Gasteiger partial charge >= 0.3 is 6.03 Å². The van der Waals surface area contributed by atoms with E-state index in [9.17, 15) is 4.79 Å². The molecule has 5 nitrogen and oxygen atoms in total. The van der Waals surface area contributed by atoms with Gasteiger partial charge in [-0.25, -0.2) is 9.78 Å². The van der Waals surface area contributed by atoms with E-state index in [0.717, 1.165) is 10.6 Å². The van der Waals surface area contributed by atoms with Crippen LogP contribution < -0.4 is 5.32 Å². The molecule has 0 spiro atoms. The van der Waals surface area contributed by atoms with Crippen molar-refractivity contribution in [3.63, 3.8) is 0 Å². The third kappa shape index (κ3) is 3.19. The molecule has 0 aliphatic rings. The largest absolute Gasteiger partial charge is 0.467 e. The van der Waals surface area contributed by atoms with E-state index < -0.39 is 0 Å². The number of amides is 2. The minimum Gasteiger partial charge on any atom is -0.467 e. The molecule has 0 radical (unpaired) electrons. The number of urea groups is 1. The Hall–Kier alpha value is -1.82. The molecule has 0 fully saturated rings. The fourth-order valence-electron chi connectivity index (χ4n) is 1.69. The van der Waals surface area contributed by atoms with Gasteiger partial charge in [-0.05, 0) is 25.0 Å². The summed E-state index contributed by atoms with van der Waals surface area (Å²) in [7, 11) is 1.74. The number of carbonyl (C=O) groups excluding carboxylic acids is 1. The first-order valence-corrected chi connectivity index (χ1v) is 7.33. The van der Waals surface area contributed by atoms with Gasteiger partial charge < -0.3 is 9.32 Å². The van der Waals surface area contributed by atoms with Gasteiger partial charge in [-0.1, -0.05) is 13.8 Å². The molecule has 6 heteroatoms. The first-order chi connectivity index (χ1) is 9.49. The van der Waals surface area contributed by atoms with Crippen molar-refractivity contribution in [1.29, 1.82) is 0 Å². The highest BCUT2D eigenvalue weighted by atomic mass is 32.1. The van der Waals surface area contributed by atoms with Crippen molar-refractivity contribution in [3.8, 4) is 0 Å². The molecule has 2 heterocycles. The van der Waals surface area contributed by atoms with Crippen molar-refractivity contribution in [2.45, 2.75) is 32.7 Å². The van der Waals surface area contributed by atoms with Crippen LogP contribution in [0.3, 0.4) is 0 Å². The second kappa shape index (κ2) is 6.09. The maximum atomic E-state index is 12.2. The number of nitrogens with zero attached hydrogens (tertiary/aromatic N) is 2. The van der Waals surface area contributed by atoms with E-state index in [2.05, 4.69) is 24.1 Å². The highest BCUT2D eigenvalue weighted by molar-refractivity contribution is 7.15. The van der Waals surface area contributed by atoms with Gasteiger partial charge in [0.1, 0.15) is 5.76 Å². The van der Waals surface area contributed by atoms with Crippen LogP contribution in [0.4, 0.5) is 9.93 Å². The Kier molecular flexibility index (Phi) is 4.44. The molecule has 2 aromatic heterocycles. The van der Waals surface area contributed by atoms with Gasteiger partial charge in [0.05, 0.1) is 12.3 Å². The van der Waals surface area contributed by atoms with Gasteiger partial charge in [-0.15, -0.1) is 11.3 Å². The van der Waals surface area contributed by atoms with Crippen LogP contribution in [0.15, 0.2) is 29.0 Å². The molecule has 0 aliphatic carbocycles. The summed E-state index contributed by atoms with van der Waals surface area (Å²) in [6, 6.07) is 3.34. The average molecular weight is 293 g/mol. The predicted molar refractivity (Wildman–Crippen MR) is 80.1 cm³/mol. The van der Waals surface area contributed by atoms with Crippen LogP contribution in [0.1, 0.15) is 43.4 Å². The molecule has 1 atom stereocenters. The molecular weight excluding hydrogens is 274 g/mol. The standard InChI is InChI=1S/C14H19N3O2S/c1-9(2)12-8-15-13(20-12)16-14(18)17(4)10(3)11-6-5-7-19-11/h5-10H,1-4H3,(H,15,16,18). The number of aromatic nitrogens is 1. The van der Waals surface area contributed by atoms with E-state index >= 15 is 0 Å². The van der Waals surface area contributed by atoms with E-state index in [1.807, 2.05) is 19.1 Å². The lowest BCUT2D eigenvalue weighted by Gasteiger charge is -2.22. The topological polar surface area (TPSA) is 58.4 Å². The number of rotatable bonds is 4. The summed E-state index contributed by atoms with van der Waals surface area (Å²) in [5.41, 5.74) is 0. The molecule has 0 aliphatic heterocycles. The zero-order valence-corrected chi connectivity index (χ0v) is 12.9. The average Bonchev–Trinajstić information content (AvgIpc) is 3.07. The lowest BCUT2D eigenvalue weighted by molar-refractivity contribution is 0.201. The van der Waals surface area contributed by atoms with Crippen molar-refractivity contribution in [3.05, 3.63) is 35.2 Å². The van der Waals surface area contributed by atoms with Crippen LogP contribution in [0, 0.1) is 0 Å². The summed E-state index contributed by atoms with van der Waals surface area (Å²) in [4.78, 5) is 19.1. The van der Waals surface area contributed by atoms with Gasteiger partial charge in [0.15, 0.2) is 5.13 Å². The molecule has 0 bridgehead atoms. The van der Waals surface area contributed by atoms with Crippen LogP contribution >= 0.6 is 11.3 Å². The zero-order valence-electron chi connectivity index (χ0n) is 12.1. The molecule has 20 heavy (non-hydrogen) atoms. The van der Waals surface area contributed by atoms with Crippen LogP contribution in [0.2, 0.25) is 0 Å². The minimum absolute atomic E-state index is 0.130. The van der Waals surface area contributed by atoms with E-state index in [1.54, 1.807) is 24.4 Å². The summed E-state index contributed by atoms with van der Waals surface area (Å²) in [5, 5.41) is 3.43. The molecule has 1 N–H and O–H groups in total. The SMILES string of the molecule is CC(C)c1cnc(NC(=O)N(C)C(C)c2ccco2)s1. The molecule has 1 unspecified atom stereocenters. The molecule has 2 rings (SSSR count). The van der Waals surface area contributed by atoms with Crippen molar-refractivity contribution in [1.82, 2.24) is 9.88 Å². The molecule has 0 aromatic carbocycles. The predicted octanol–water partition coefficient (Wildman–Crippen LogP) is 4.08. The number of hydrogen-bond acceptors (Lipinski definition) is 4. The number of thiazole rings is 1. The Morgan fingerprint density at radius 1 is 1.45 bits per heavy atom. The van der Waals surface area contributed by atoms with Crippen LogP contribution in [0.5, 0.6) is 0 Å². The summed E-state index contributed by atoms with van der Waals surface area (Å²) in [6.45, 7) is 6.12. The third-order valence-corrected chi connectivity index (χ3v) is 4.38. The van der Waals surface area contributed by atoms with E-state index in [0.29, 0.717) is 11.0 Å². The zero-order chi connectivity index (χ0) is 14.7. The Morgan fingerprint density at radius 3 is 2.75 bits per heavy atom. The van der Waals surface area contributed by atoms with E-state index in [1.165, 1.54) is 11.3 Å². The summed E-state index contributed by atoms with van der Waals surface area (Å²) in [5.74, 6) is 1.17. The Morgan fingerprint density at radius 2 is 2.20 bits per heavy atom. The molecule has 0 saturated heterocycles. The van der Waals surface area contributed by atoms with Crippen molar-refractivity contribution >= 4 is 22.5 Å². The summed E-state index contributed by atoms with van der Waals surface area (Å²) < 4.78 is 5.32. The lowest BCUT2D eigenvalue weighted by Crippen LogP contribution is -2.33. The molecule has 108 valence electrons. The molecule has 2 amide bonds. The quantitative estimate of drug-likeness (QED) is 0.923. The van der Waals surface area contributed by atoms with Crippen molar-refractivity contribution in [2.75, 3.05) is 12.4 Å². The van der Waals surface area contributed by atoms with E-state index in [4.69, 9.17) is 4.42 Å². The monoisotopic (exact) mass is 293 g/mol. The molecule has 2 aromatic rings. The van der Waals surface area contributed by atoms with Crippen molar-refractivity contribution < 1.29 is 9.21 Å². The Labute approximate surface area is 122 Å². The van der Waals surface area contributed by atoms with E-state index in [-0.39, 0.29) is 12.1 Å². The highest BCUT2D eigenvalue weighted by Crippen LogP contribution is 2.26. The summed E-state index contributed by atoms with van der Waals surface area (Å²) in [6.07, 6.45) is 3.41. The Bertz CT molecular complexity index is 563. The summed E-state index contributed by atoms with van der Waals surface area (Å²) >= 11 is 1.50. The lowest BCUT2D eigenvalue weighted by atomic mass is 10.2. The maximum Gasteiger partial charge on any atom is 0.323 e. The number of furan rings is 1. The first kappa shape index (κ1) is 14.6. The maximum absolute atomic E-state index is 12.2. The smallest absolute Gasteiger partial charge is 0.323 e. The number of carbonyl (C=O) groups is 1. The highest BCUT2D eigenvalue weighted by Gasteiger charge is 2.20. The van der Waals surface area contributed by atoms with Crippen LogP contribution in [-0.2, 0) is 0 Å². The first-order valence-electron chi connectivity index (χ1n) is 6.52. The van der Waals surface area contributed by atoms with Crippen molar-refractivity contribution in [2.24, 2.45) is 0 Å². The number of anilines is 1. The van der Waals surface area contributed by atoms with Crippen LogP contribution in [-0.4, -0.2) is 23.0 Å². The van der Waals surface area contributed by atoms with Gasteiger partial charge in [0.2, 0.25) is 0 Å². The normalized spacial score (nSPS) is 12.4. The Balaban J connectivity index is 2.00. The second-order valence-corrected chi connectivity index (χ2v) is 6.02. The minimum atomic E-state index is -0.196. The van der Waals surface area contributed by atoms with Gasteiger partial charge in [0.25, 0.3) is 0 Å². The second-order valence-electron chi connectivity index (χ2n) is 4.95. The fraction of sp³-hybridized carbons (Fsp3) is 0.429. The van der Waals surface area contributed by atoms with Gasteiger partial charge in [0, 0.05) is 18.1 Å². The van der Waals surface area contributed by atoms with Gasteiger partial charge in [-0.2, -0.15) is 0 Å². The molecule has 0 saturated carbocycles. The number of hydrogen-bond donors (Lipinski definition) is 1. The fourth-order valence-corrected chi connectivity index (χ4v) is 2.49. The number of nitrogens with one attached hydrogen (secondary N) is 1. The van der Waals surface area contributed by atoms with Gasteiger partial charge in [-0.3, -0.25) is 5.32 Å². The van der Waals surface area contributed by atoms with Crippen LogP contribution in [0.25, 0.3) is 0 Å².